The maximum absolute atomic E-state index is 11.7. The van der Waals surface area contributed by atoms with Crippen molar-refractivity contribution in [1.82, 2.24) is 15.1 Å². The van der Waals surface area contributed by atoms with Crippen molar-refractivity contribution >= 4 is 5.91 Å². The molecule has 2 rings (SSSR count). The summed E-state index contributed by atoms with van der Waals surface area (Å²) in [5.41, 5.74) is 0. The lowest BCUT2D eigenvalue weighted by Gasteiger charge is -2.32. The van der Waals surface area contributed by atoms with E-state index in [0.717, 1.165) is 38.5 Å². The zero-order valence-electron chi connectivity index (χ0n) is 12.8. The van der Waals surface area contributed by atoms with E-state index in [0.29, 0.717) is 19.6 Å². The molecule has 1 amide bonds. The van der Waals surface area contributed by atoms with Gasteiger partial charge in [0.2, 0.25) is 5.91 Å². The number of nitrogens with one attached hydrogen (secondary N) is 1. The molecule has 0 bridgehead atoms. The number of benzene rings is 1. The van der Waals surface area contributed by atoms with E-state index in [1.54, 1.807) is 0 Å². The van der Waals surface area contributed by atoms with Gasteiger partial charge in [-0.05, 0) is 19.2 Å². The minimum Gasteiger partial charge on any atom is -0.493 e. The summed E-state index contributed by atoms with van der Waals surface area (Å²) in [6, 6.07) is 9.57. The van der Waals surface area contributed by atoms with Crippen molar-refractivity contribution in [2.24, 2.45) is 0 Å². The van der Waals surface area contributed by atoms with Crippen molar-refractivity contribution in [2.45, 2.75) is 6.42 Å². The highest BCUT2D eigenvalue weighted by Crippen LogP contribution is 2.08. The fourth-order valence-corrected chi connectivity index (χ4v) is 2.29. The molecule has 5 heteroatoms. The van der Waals surface area contributed by atoms with E-state index in [-0.39, 0.29) is 5.91 Å². The highest BCUT2D eigenvalue weighted by Gasteiger charge is 2.13. The molecular formula is C16H25N3O2. The highest BCUT2D eigenvalue weighted by atomic mass is 16.5. The largest absolute Gasteiger partial charge is 0.493 e. The minimum absolute atomic E-state index is 0.0556. The Morgan fingerprint density at radius 1 is 1.19 bits per heavy atom. The molecule has 1 heterocycles. The van der Waals surface area contributed by atoms with E-state index >= 15 is 0 Å². The van der Waals surface area contributed by atoms with Crippen molar-refractivity contribution in [1.29, 1.82) is 0 Å². The molecule has 1 aliphatic rings. The van der Waals surface area contributed by atoms with Crippen LogP contribution in [-0.4, -0.2) is 68.6 Å². The number of likely N-dealkylation sites (N-methyl/N-ethyl adjacent to an activating group) is 1. The second-order valence-electron chi connectivity index (χ2n) is 5.41. The van der Waals surface area contributed by atoms with Crippen LogP contribution in [0, 0.1) is 0 Å². The number of carbonyl (C=O) groups is 1. The summed E-state index contributed by atoms with van der Waals surface area (Å²) in [4.78, 5) is 16.4. The van der Waals surface area contributed by atoms with Gasteiger partial charge >= 0.3 is 0 Å². The summed E-state index contributed by atoms with van der Waals surface area (Å²) in [7, 11) is 2.14. The zero-order valence-corrected chi connectivity index (χ0v) is 12.8. The summed E-state index contributed by atoms with van der Waals surface area (Å²) in [5.74, 6) is 0.864. The topological polar surface area (TPSA) is 44.8 Å². The predicted molar refractivity (Wildman–Crippen MR) is 83.5 cm³/mol. The van der Waals surface area contributed by atoms with Crippen LogP contribution < -0.4 is 10.1 Å². The molecule has 0 saturated carbocycles. The summed E-state index contributed by atoms with van der Waals surface area (Å²) < 4.78 is 5.51. The van der Waals surface area contributed by atoms with E-state index < -0.39 is 0 Å². The Balaban J connectivity index is 1.52. The van der Waals surface area contributed by atoms with Gasteiger partial charge in [-0.2, -0.15) is 0 Å². The maximum Gasteiger partial charge on any atom is 0.223 e. The molecule has 0 aromatic heterocycles. The number of ether oxygens (including phenoxy) is 1. The molecule has 1 aliphatic heterocycles. The number of para-hydroxylation sites is 1. The number of rotatable bonds is 7. The second-order valence-corrected chi connectivity index (χ2v) is 5.41. The first-order valence-electron chi connectivity index (χ1n) is 7.59. The Morgan fingerprint density at radius 3 is 2.62 bits per heavy atom. The van der Waals surface area contributed by atoms with Crippen molar-refractivity contribution < 1.29 is 9.53 Å². The van der Waals surface area contributed by atoms with Crippen molar-refractivity contribution in [2.75, 3.05) is 52.9 Å². The molecule has 21 heavy (non-hydrogen) atoms. The average Bonchev–Trinajstić information content (AvgIpc) is 2.50. The standard InChI is InChI=1S/C16H25N3O2/c1-18-10-12-19(13-11-18)9-8-17-16(20)7-14-21-15-5-3-2-4-6-15/h2-6H,7-14H2,1H3,(H,17,20). The van der Waals surface area contributed by atoms with E-state index in [9.17, 15) is 4.79 Å². The molecule has 1 aromatic rings. The van der Waals surface area contributed by atoms with Crippen LogP contribution >= 0.6 is 0 Å². The van der Waals surface area contributed by atoms with Crippen LogP contribution in [-0.2, 0) is 4.79 Å². The fourth-order valence-electron chi connectivity index (χ4n) is 2.29. The molecule has 1 N–H and O–H groups in total. The lowest BCUT2D eigenvalue weighted by atomic mass is 10.3. The molecule has 1 aromatic carbocycles. The van der Waals surface area contributed by atoms with E-state index in [2.05, 4.69) is 22.2 Å². The Bertz CT molecular complexity index is 417. The van der Waals surface area contributed by atoms with Gasteiger partial charge < -0.3 is 15.0 Å². The van der Waals surface area contributed by atoms with Gasteiger partial charge in [-0.25, -0.2) is 0 Å². The summed E-state index contributed by atoms with van der Waals surface area (Å²) in [5, 5.41) is 2.95. The SMILES string of the molecule is CN1CCN(CCNC(=O)CCOc2ccccc2)CC1. The van der Waals surface area contributed by atoms with Gasteiger partial charge in [-0.15, -0.1) is 0 Å². The lowest BCUT2D eigenvalue weighted by molar-refractivity contribution is -0.121. The van der Waals surface area contributed by atoms with Crippen LogP contribution in [0.3, 0.4) is 0 Å². The van der Waals surface area contributed by atoms with Crippen LogP contribution in [0.2, 0.25) is 0 Å². The highest BCUT2D eigenvalue weighted by molar-refractivity contribution is 5.75. The van der Waals surface area contributed by atoms with Crippen LogP contribution in [0.4, 0.5) is 0 Å². The Hall–Kier alpha value is -1.59. The zero-order chi connectivity index (χ0) is 14.9. The molecule has 0 unspecified atom stereocenters. The Kier molecular flexibility index (Phi) is 6.50. The summed E-state index contributed by atoms with van der Waals surface area (Å²) in [6.45, 7) is 6.46. The number of nitrogens with zero attached hydrogens (tertiary/aromatic N) is 2. The first-order valence-corrected chi connectivity index (χ1v) is 7.59. The molecule has 0 aliphatic carbocycles. The monoisotopic (exact) mass is 291 g/mol. The van der Waals surface area contributed by atoms with Crippen LogP contribution in [0.5, 0.6) is 5.75 Å². The molecule has 0 radical (unpaired) electrons. The van der Waals surface area contributed by atoms with Crippen LogP contribution in [0.1, 0.15) is 6.42 Å². The number of hydrogen-bond donors (Lipinski definition) is 1. The fraction of sp³-hybridized carbons (Fsp3) is 0.562. The number of carbonyl (C=O) groups excluding carboxylic acids is 1. The van der Waals surface area contributed by atoms with Gasteiger partial charge in [0.15, 0.2) is 0 Å². The third kappa shape index (κ3) is 6.14. The van der Waals surface area contributed by atoms with Gasteiger partial charge in [0, 0.05) is 39.3 Å². The van der Waals surface area contributed by atoms with E-state index in [1.807, 2.05) is 30.3 Å². The number of piperazine rings is 1. The lowest BCUT2D eigenvalue weighted by Crippen LogP contribution is -2.46. The van der Waals surface area contributed by atoms with Crippen LogP contribution in [0.25, 0.3) is 0 Å². The molecule has 1 fully saturated rings. The normalized spacial score (nSPS) is 16.6. The molecule has 0 atom stereocenters. The van der Waals surface area contributed by atoms with Gasteiger partial charge in [-0.3, -0.25) is 9.69 Å². The predicted octanol–water partition coefficient (Wildman–Crippen LogP) is 0.819. The van der Waals surface area contributed by atoms with Crippen molar-refractivity contribution in [3.63, 3.8) is 0 Å². The molecule has 0 spiro atoms. The molecule has 5 nitrogen and oxygen atoms in total. The smallest absolute Gasteiger partial charge is 0.223 e. The van der Waals surface area contributed by atoms with Crippen LogP contribution in [0.15, 0.2) is 30.3 Å². The van der Waals surface area contributed by atoms with Gasteiger partial charge in [-0.1, -0.05) is 18.2 Å². The Morgan fingerprint density at radius 2 is 1.90 bits per heavy atom. The number of hydrogen-bond acceptors (Lipinski definition) is 4. The number of amides is 1. The first-order chi connectivity index (χ1) is 10.2. The third-order valence-corrected chi connectivity index (χ3v) is 3.69. The Labute approximate surface area is 126 Å². The molecule has 1 saturated heterocycles. The average molecular weight is 291 g/mol. The van der Waals surface area contributed by atoms with Gasteiger partial charge in [0.05, 0.1) is 13.0 Å². The molecule has 116 valence electrons. The first kappa shape index (κ1) is 15.8. The van der Waals surface area contributed by atoms with E-state index in [4.69, 9.17) is 4.74 Å². The van der Waals surface area contributed by atoms with Gasteiger partial charge in [0.25, 0.3) is 0 Å². The quantitative estimate of drug-likeness (QED) is 0.808. The summed E-state index contributed by atoms with van der Waals surface area (Å²) in [6.07, 6.45) is 0.400. The maximum atomic E-state index is 11.7. The summed E-state index contributed by atoms with van der Waals surface area (Å²) >= 11 is 0. The molecular weight excluding hydrogens is 266 g/mol. The van der Waals surface area contributed by atoms with Crippen molar-refractivity contribution in [3.8, 4) is 5.75 Å². The van der Waals surface area contributed by atoms with Gasteiger partial charge in [0.1, 0.15) is 5.75 Å². The third-order valence-electron chi connectivity index (χ3n) is 3.69. The van der Waals surface area contributed by atoms with Crippen molar-refractivity contribution in [3.05, 3.63) is 30.3 Å². The van der Waals surface area contributed by atoms with E-state index in [1.165, 1.54) is 0 Å². The second kappa shape index (κ2) is 8.64. The minimum atomic E-state index is 0.0556.